The van der Waals surface area contributed by atoms with Gasteiger partial charge < -0.3 is 19.1 Å². The molecule has 6 nitrogen and oxygen atoms in total. The first-order valence-corrected chi connectivity index (χ1v) is 7.94. The summed E-state index contributed by atoms with van der Waals surface area (Å²) in [5.41, 5.74) is 1.22. The number of carbonyl (C=O) groups is 2. The fraction of sp³-hybridized carbons (Fsp3) is 0.333. The first-order chi connectivity index (χ1) is 11.6. The van der Waals surface area contributed by atoms with Crippen molar-refractivity contribution < 1.29 is 14.3 Å². The third kappa shape index (κ3) is 2.99. The molecule has 0 aliphatic carbocycles. The SMILES string of the molecule is COc1ccccc1C(=O)N1CCN(C(=O)c2cccn2C)CC1. The van der Waals surface area contributed by atoms with Crippen LogP contribution >= 0.6 is 0 Å². The number of piperazine rings is 1. The zero-order chi connectivity index (χ0) is 17.1. The molecule has 0 saturated carbocycles. The van der Waals surface area contributed by atoms with Crippen LogP contribution in [-0.4, -0.2) is 59.5 Å². The lowest BCUT2D eigenvalue weighted by atomic mass is 10.1. The van der Waals surface area contributed by atoms with E-state index in [2.05, 4.69) is 0 Å². The van der Waals surface area contributed by atoms with Crippen molar-refractivity contribution in [3.8, 4) is 5.75 Å². The van der Waals surface area contributed by atoms with Crippen molar-refractivity contribution in [1.29, 1.82) is 0 Å². The molecule has 1 aliphatic heterocycles. The van der Waals surface area contributed by atoms with E-state index >= 15 is 0 Å². The Morgan fingerprint density at radius 1 is 0.917 bits per heavy atom. The second kappa shape index (κ2) is 6.78. The van der Waals surface area contributed by atoms with E-state index in [9.17, 15) is 9.59 Å². The fourth-order valence-corrected chi connectivity index (χ4v) is 2.95. The number of carbonyl (C=O) groups excluding carboxylic acids is 2. The fourth-order valence-electron chi connectivity index (χ4n) is 2.95. The molecule has 0 unspecified atom stereocenters. The lowest BCUT2D eigenvalue weighted by molar-refractivity contribution is 0.0528. The average molecular weight is 327 g/mol. The highest BCUT2D eigenvalue weighted by Crippen LogP contribution is 2.20. The van der Waals surface area contributed by atoms with Gasteiger partial charge in [-0.2, -0.15) is 0 Å². The summed E-state index contributed by atoms with van der Waals surface area (Å²) >= 11 is 0. The number of ether oxygens (including phenoxy) is 1. The molecular formula is C18H21N3O3. The average Bonchev–Trinajstić information content (AvgIpc) is 3.06. The largest absolute Gasteiger partial charge is 0.496 e. The van der Waals surface area contributed by atoms with Crippen LogP contribution < -0.4 is 4.74 Å². The number of para-hydroxylation sites is 1. The minimum absolute atomic E-state index is 0.00638. The maximum absolute atomic E-state index is 12.7. The van der Waals surface area contributed by atoms with Crippen LogP contribution in [0, 0.1) is 0 Å². The van der Waals surface area contributed by atoms with Crippen LogP contribution in [0.25, 0.3) is 0 Å². The quantitative estimate of drug-likeness (QED) is 0.861. The van der Waals surface area contributed by atoms with Gasteiger partial charge in [-0.3, -0.25) is 9.59 Å². The Hall–Kier alpha value is -2.76. The van der Waals surface area contributed by atoms with E-state index in [1.54, 1.807) is 29.0 Å². The number of hydrogen-bond donors (Lipinski definition) is 0. The van der Waals surface area contributed by atoms with Gasteiger partial charge in [0.2, 0.25) is 0 Å². The number of aryl methyl sites for hydroxylation is 1. The Balaban J connectivity index is 1.66. The highest BCUT2D eigenvalue weighted by Gasteiger charge is 2.27. The smallest absolute Gasteiger partial charge is 0.270 e. The summed E-state index contributed by atoms with van der Waals surface area (Å²) in [4.78, 5) is 28.8. The Morgan fingerprint density at radius 2 is 1.54 bits per heavy atom. The van der Waals surface area contributed by atoms with Crippen LogP contribution in [0.1, 0.15) is 20.8 Å². The van der Waals surface area contributed by atoms with E-state index < -0.39 is 0 Å². The highest BCUT2D eigenvalue weighted by molar-refractivity contribution is 5.97. The molecule has 0 spiro atoms. The number of hydrogen-bond acceptors (Lipinski definition) is 3. The van der Waals surface area contributed by atoms with Gasteiger partial charge >= 0.3 is 0 Å². The van der Waals surface area contributed by atoms with Crippen LogP contribution in [0.15, 0.2) is 42.6 Å². The summed E-state index contributed by atoms with van der Waals surface area (Å²) < 4.78 is 7.08. The normalized spacial score (nSPS) is 14.6. The van der Waals surface area contributed by atoms with E-state index in [1.165, 1.54) is 0 Å². The molecule has 126 valence electrons. The van der Waals surface area contributed by atoms with Crippen LogP contribution in [0.4, 0.5) is 0 Å². The van der Waals surface area contributed by atoms with E-state index in [4.69, 9.17) is 4.74 Å². The predicted molar refractivity (Wildman–Crippen MR) is 90.2 cm³/mol. The first kappa shape index (κ1) is 16.1. The summed E-state index contributed by atoms with van der Waals surface area (Å²) in [6, 6.07) is 10.9. The third-order valence-electron chi connectivity index (χ3n) is 4.35. The molecule has 6 heteroatoms. The van der Waals surface area contributed by atoms with Gasteiger partial charge in [0.25, 0.3) is 11.8 Å². The zero-order valence-corrected chi connectivity index (χ0v) is 13.9. The molecule has 1 fully saturated rings. The minimum Gasteiger partial charge on any atom is -0.496 e. The molecular weight excluding hydrogens is 306 g/mol. The molecule has 1 aromatic heterocycles. The Labute approximate surface area is 141 Å². The highest BCUT2D eigenvalue weighted by atomic mass is 16.5. The van der Waals surface area contributed by atoms with Crippen LogP contribution in [-0.2, 0) is 7.05 Å². The minimum atomic E-state index is -0.0570. The number of methoxy groups -OCH3 is 1. The number of nitrogens with zero attached hydrogens (tertiary/aromatic N) is 3. The van der Waals surface area contributed by atoms with Crippen LogP contribution in [0.5, 0.6) is 5.75 Å². The maximum Gasteiger partial charge on any atom is 0.270 e. The van der Waals surface area contributed by atoms with Gasteiger partial charge in [-0.1, -0.05) is 12.1 Å². The number of amides is 2. The predicted octanol–water partition coefficient (Wildman–Crippen LogP) is 1.63. The molecule has 2 heterocycles. The molecule has 0 atom stereocenters. The van der Waals surface area contributed by atoms with Gasteiger partial charge in [-0.25, -0.2) is 0 Å². The van der Waals surface area contributed by atoms with Crippen LogP contribution in [0.2, 0.25) is 0 Å². The number of rotatable bonds is 3. The van der Waals surface area contributed by atoms with Crippen molar-refractivity contribution in [2.45, 2.75) is 0 Å². The van der Waals surface area contributed by atoms with Crippen molar-refractivity contribution >= 4 is 11.8 Å². The summed E-state index contributed by atoms with van der Waals surface area (Å²) in [6.07, 6.45) is 1.86. The zero-order valence-electron chi connectivity index (χ0n) is 13.9. The number of benzene rings is 1. The molecule has 0 N–H and O–H groups in total. The second-order valence-electron chi connectivity index (χ2n) is 5.79. The molecule has 1 aliphatic rings. The molecule has 0 radical (unpaired) electrons. The summed E-state index contributed by atoms with van der Waals surface area (Å²) in [6.45, 7) is 2.11. The number of aromatic nitrogens is 1. The lowest BCUT2D eigenvalue weighted by Gasteiger charge is -2.35. The monoisotopic (exact) mass is 327 g/mol. The molecule has 2 aromatic rings. The molecule has 24 heavy (non-hydrogen) atoms. The molecule has 3 rings (SSSR count). The Morgan fingerprint density at radius 3 is 2.12 bits per heavy atom. The van der Waals surface area contributed by atoms with Crippen LogP contribution in [0.3, 0.4) is 0 Å². The molecule has 1 aromatic carbocycles. The maximum atomic E-state index is 12.7. The van der Waals surface area contributed by atoms with Crippen molar-refractivity contribution in [2.75, 3.05) is 33.3 Å². The van der Waals surface area contributed by atoms with Gasteiger partial charge in [0.05, 0.1) is 12.7 Å². The summed E-state index contributed by atoms with van der Waals surface area (Å²) in [5, 5.41) is 0. The van der Waals surface area contributed by atoms with Crippen molar-refractivity contribution in [3.05, 3.63) is 53.9 Å². The molecule has 1 saturated heterocycles. The summed E-state index contributed by atoms with van der Waals surface area (Å²) in [5.74, 6) is 0.523. The Bertz CT molecular complexity index is 745. The van der Waals surface area contributed by atoms with Gasteiger partial charge in [0, 0.05) is 39.4 Å². The summed E-state index contributed by atoms with van der Waals surface area (Å²) in [7, 11) is 3.41. The van der Waals surface area contributed by atoms with Gasteiger partial charge in [-0.15, -0.1) is 0 Å². The van der Waals surface area contributed by atoms with E-state index in [1.807, 2.05) is 42.1 Å². The Kier molecular flexibility index (Phi) is 4.55. The molecule has 0 bridgehead atoms. The standard InChI is InChI=1S/C18H21N3O3/c1-19-9-5-7-15(19)18(23)21-12-10-20(11-13-21)17(22)14-6-3-4-8-16(14)24-2/h3-9H,10-13H2,1-2H3. The topological polar surface area (TPSA) is 54.8 Å². The van der Waals surface area contributed by atoms with Crippen molar-refractivity contribution in [1.82, 2.24) is 14.4 Å². The van der Waals surface area contributed by atoms with E-state index in [0.717, 1.165) is 0 Å². The van der Waals surface area contributed by atoms with E-state index in [0.29, 0.717) is 43.2 Å². The van der Waals surface area contributed by atoms with Gasteiger partial charge in [0.1, 0.15) is 11.4 Å². The van der Waals surface area contributed by atoms with Gasteiger partial charge in [-0.05, 0) is 24.3 Å². The second-order valence-corrected chi connectivity index (χ2v) is 5.79. The lowest BCUT2D eigenvalue weighted by Crippen LogP contribution is -2.50. The van der Waals surface area contributed by atoms with E-state index in [-0.39, 0.29) is 11.8 Å². The third-order valence-corrected chi connectivity index (χ3v) is 4.35. The van der Waals surface area contributed by atoms with Gasteiger partial charge in [0.15, 0.2) is 0 Å². The molecule has 2 amide bonds. The van der Waals surface area contributed by atoms with Crippen molar-refractivity contribution in [3.63, 3.8) is 0 Å². The first-order valence-electron chi connectivity index (χ1n) is 7.94. The van der Waals surface area contributed by atoms with Crippen molar-refractivity contribution in [2.24, 2.45) is 7.05 Å².